The number of carbonyl (C=O) groups excluding carboxylic acids is 1. The van der Waals surface area contributed by atoms with Crippen LogP contribution in [0.3, 0.4) is 0 Å². The maximum Gasteiger partial charge on any atom is 0.345 e. The third kappa shape index (κ3) is 3.76. The van der Waals surface area contributed by atoms with Crippen molar-refractivity contribution in [1.82, 2.24) is 29.2 Å². The fraction of sp³-hybridized carbons (Fsp3) is 0.588. The maximum absolute atomic E-state index is 13.0. The first-order chi connectivity index (χ1) is 12.3. The number of anilines is 1. The van der Waals surface area contributed by atoms with Crippen LogP contribution < -0.4 is 11.0 Å². The molecular weight excluding hydrogens is 334 g/mol. The second-order valence-electron chi connectivity index (χ2n) is 6.78. The number of nitrogens with zero attached hydrogens (tertiary/aromatic N) is 6. The minimum Gasteiger partial charge on any atom is -0.358 e. The molecule has 0 radical (unpaired) electrons. The molecule has 1 atom stereocenters. The van der Waals surface area contributed by atoms with Crippen LogP contribution in [0.25, 0.3) is 0 Å². The van der Waals surface area contributed by atoms with Gasteiger partial charge in [0.1, 0.15) is 17.7 Å². The van der Waals surface area contributed by atoms with E-state index in [1.165, 1.54) is 9.25 Å². The molecule has 9 nitrogen and oxygen atoms in total. The molecule has 2 aromatic heterocycles. The molecule has 26 heavy (non-hydrogen) atoms. The van der Waals surface area contributed by atoms with Gasteiger partial charge in [-0.15, -0.1) is 0 Å². The smallest absolute Gasteiger partial charge is 0.345 e. The highest BCUT2D eigenvalue weighted by molar-refractivity contribution is 5.84. The third-order valence-corrected chi connectivity index (χ3v) is 4.62. The highest BCUT2D eigenvalue weighted by atomic mass is 16.2. The van der Waals surface area contributed by atoms with Crippen LogP contribution in [0.2, 0.25) is 0 Å². The lowest BCUT2D eigenvalue weighted by molar-refractivity contribution is -0.132. The Labute approximate surface area is 152 Å². The van der Waals surface area contributed by atoms with Crippen LogP contribution >= 0.6 is 0 Å². The molecule has 140 valence electrons. The van der Waals surface area contributed by atoms with Gasteiger partial charge >= 0.3 is 5.69 Å². The topological polar surface area (TPSA) is 97.9 Å². The number of rotatable bonds is 4. The van der Waals surface area contributed by atoms with Crippen molar-refractivity contribution >= 4 is 11.7 Å². The summed E-state index contributed by atoms with van der Waals surface area (Å²) in [6, 6.07) is 1.50. The second-order valence-corrected chi connectivity index (χ2v) is 6.78. The molecule has 0 bridgehead atoms. The SMILES string of the molecule is Cc1cc(NC2CCCCN(Cc3nn(C)c(=O)n3C)C2=O)nc(C)n1. The Morgan fingerprint density at radius 2 is 1.96 bits per heavy atom. The van der Waals surface area contributed by atoms with Gasteiger partial charge in [0.25, 0.3) is 0 Å². The summed E-state index contributed by atoms with van der Waals surface area (Å²) in [5.41, 5.74) is 0.672. The number of carbonyl (C=O) groups is 1. The predicted octanol–water partition coefficient (Wildman–Crippen LogP) is 0.519. The summed E-state index contributed by atoms with van der Waals surface area (Å²) in [7, 11) is 3.29. The van der Waals surface area contributed by atoms with E-state index in [9.17, 15) is 9.59 Å². The molecule has 1 amide bonds. The van der Waals surface area contributed by atoms with Gasteiger partial charge in [-0.3, -0.25) is 9.36 Å². The first-order valence-electron chi connectivity index (χ1n) is 8.81. The molecule has 9 heteroatoms. The predicted molar refractivity (Wildman–Crippen MR) is 96.6 cm³/mol. The number of aryl methyl sites for hydroxylation is 3. The minimum absolute atomic E-state index is 0.00882. The lowest BCUT2D eigenvalue weighted by Gasteiger charge is -2.24. The van der Waals surface area contributed by atoms with Crippen LogP contribution in [-0.2, 0) is 25.4 Å². The van der Waals surface area contributed by atoms with Gasteiger partial charge in [-0.05, 0) is 33.1 Å². The normalized spacial score (nSPS) is 18.1. The van der Waals surface area contributed by atoms with E-state index >= 15 is 0 Å². The Hall–Kier alpha value is -2.71. The number of amides is 1. The Kier molecular flexibility index (Phi) is 5.06. The van der Waals surface area contributed by atoms with E-state index < -0.39 is 0 Å². The Morgan fingerprint density at radius 1 is 1.19 bits per heavy atom. The van der Waals surface area contributed by atoms with E-state index in [4.69, 9.17) is 0 Å². The standard InChI is InChI=1S/C17H25N7O2/c1-11-9-14(19-12(2)18-11)20-13-7-5-6-8-24(16(13)25)10-15-21-23(4)17(26)22(15)3/h9,13H,5-8,10H2,1-4H3,(H,18,19,20). The largest absolute Gasteiger partial charge is 0.358 e. The molecule has 1 saturated heterocycles. The van der Waals surface area contributed by atoms with Crippen LogP contribution in [0.4, 0.5) is 5.82 Å². The van der Waals surface area contributed by atoms with Gasteiger partial charge in [0.15, 0.2) is 5.82 Å². The van der Waals surface area contributed by atoms with Gasteiger partial charge in [-0.2, -0.15) is 5.10 Å². The maximum atomic E-state index is 13.0. The third-order valence-electron chi connectivity index (χ3n) is 4.62. The molecule has 1 aliphatic rings. The quantitative estimate of drug-likeness (QED) is 0.855. The average molecular weight is 359 g/mol. The van der Waals surface area contributed by atoms with E-state index in [1.807, 2.05) is 19.9 Å². The molecule has 3 rings (SSSR count). The van der Waals surface area contributed by atoms with E-state index in [0.29, 0.717) is 30.6 Å². The first kappa shape index (κ1) is 18.1. The lowest BCUT2D eigenvalue weighted by atomic mass is 10.1. The van der Waals surface area contributed by atoms with Gasteiger partial charge in [0.2, 0.25) is 5.91 Å². The van der Waals surface area contributed by atoms with Crippen molar-refractivity contribution in [2.45, 2.75) is 45.7 Å². The van der Waals surface area contributed by atoms with Crippen molar-refractivity contribution in [2.24, 2.45) is 14.1 Å². The van der Waals surface area contributed by atoms with Gasteiger partial charge in [-0.25, -0.2) is 19.4 Å². The van der Waals surface area contributed by atoms with E-state index in [0.717, 1.165) is 25.0 Å². The Balaban J connectivity index is 1.78. The molecule has 1 fully saturated rings. The summed E-state index contributed by atoms with van der Waals surface area (Å²) in [6.07, 6.45) is 2.62. The monoisotopic (exact) mass is 359 g/mol. The zero-order valence-electron chi connectivity index (χ0n) is 15.7. The molecular formula is C17H25N7O2. The van der Waals surface area contributed by atoms with Crippen molar-refractivity contribution < 1.29 is 4.79 Å². The van der Waals surface area contributed by atoms with Gasteiger partial charge < -0.3 is 10.2 Å². The van der Waals surface area contributed by atoms with Crippen LogP contribution in [0.5, 0.6) is 0 Å². The van der Waals surface area contributed by atoms with Crippen molar-refractivity contribution in [3.05, 3.63) is 33.9 Å². The highest BCUT2D eigenvalue weighted by Gasteiger charge is 2.28. The zero-order chi connectivity index (χ0) is 18.8. The van der Waals surface area contributed by atoms with E-state index in [-0.39, 0.29) is 17.6 Å². The summed E-state index contributed by atoms with van der Waals surface area (Å²) >= 11 is 0. The summed E-state index contributed by atoms with van der Waals surface area (Å²) in [6.45, 7) is 4.72. The average Bonchev–Trinajstić information content (AvgIpc) is 2.71. The molecule has 0 saturated carbocycles. The zero-order valence-corrected chi connectivity index (χ0v) is 15.7. The summed E-state index contributed by atoms with van der Waals surface area (Å²) in [5, 5.41) is 7.50. The summed E-state index contributed by atoms with van der Waals surface area (Å²) < 4.78 is 2.78. The molecule has 0 spiro atoms. The van der Waals surface area contributed by atoms with Gasteiger partial charge in [0.05, 0.1) is 6.54 Å². The van der Waals surface area contributed by atoms with E-state index in [2.05, 4.69) is 20.4 Å². The van der Waals surface area contributed by atoms with Crippen molar-refractivity contribution in [1.29, 1.82) is 0 Å². The van der Waals surface area contributed by atoms with Crippen LogP contribution in [-0.4, -0.2) is 47.7 Å². The van der Waals surface area contributed by atoms with Gasteiger partial charge in [0, 0.05) is 32.4 Å². The highest BCUT2D eigenvalue weighted by Crippen LogP contribution is 2.18. The molecule has 0 aromatic carbocycles. The fourth-order valence-electron chi connectivity index (χ4n) is 3.28. The van der Waals surface area contributed by atoms with Crippen LogP contribution in [0.1, 0.15) is 36.6 Å². The van der Waals surface area contributed by atoms with Crippen LogP contribution in [0.15, 0.2) is 10.9 Å². The van der Waals surface area contributed by atoms with Crippen molar-refractivity contribution in [3.63, 3.8) is 0 Å². The summed E-state index contributed by atoms with van der Waals surface area (Å²) in [5.74, 6) is 1.93. The number of nitrogens with one attached hydrogen (secondary N) is 1. The van der Waals surface area contributed by atoms with E-state index in [1.54, 1.807) is 19.0 Å². The number of likely N-dealkylation sites (tertiary alicyclic amines) is 1. The molecule has 2 aromatic rings. The van der Waals surface area contributed by atoms with Gasteiger partial charge in [-0.1, -0.05) is 0 Å². The first-order valence-corrected chi connectivity index (χ1v) is 8.81. The summed E-state index contributed by atoms with van der Waals surface area (Å²) in [4.78, 5) is 35.3. The second kappa shape index (κ2) is 7.27. The Morgan fingerprint density at radius 3 is 2.62 bits per heavy atom. The molecule has 1 unspecified atom stereocenters. The molecule has 0 aliphatic carbocycles. The molecule has 1 aliphatic heterocycles. The molecule has 1 N–H and O–H groups in total. The number of hydrogen-bond acceptors (Lipinski definition) is 6. The lowest BCUT2D eigenvalue weighted by Crippen LogP contribution is -2.42. The molecule has 3 heterocycles. The number of hydrogen-bond donors (Lipinski definition) is 1. The Bertz CT molecular complexity index is 850. The van der Waals surface area contributed by atoms with Crippen LogP contribution in [0, 0.1) is 13.8 Å². The fourth-order valence-corrected chi connectivity index (χ4v) is 3.28. The van der Waals surface area contributed by atoms with Crippen molar-refractivity contribution in [2.75, 3.05) is 11.9 Å². The minimum atomic E-state index is -0.341. The number of aromatic nitrogens is 5. The van der Waals surface area contributed by atoms with Crippen molar-refractivity contribution in [3.8, 4) is 0 Å².